The summed E-state index contributed by atoms with van der Waals surface area (Å²) in [6, 6.07) is 30.8. The van der Waals surface area contributed by atoms with Crippen molar-refractivity contribution in [1.29, 1.82) is 0 Å². The van der Waals surface area contributed by atoms with Gasteiger partial charge >= 0.3 is 0 Å². The van der Waals surface area contributed by atoms with E-state index in [2.05, 4.69) is 89.9 Å². The third-order valence-corrected chi connectivity index (χ3v) is 6.22. The lowest BCUT2D eigenvalue weighted by Crippen LogP contribution is -1.87. The fourth-order valence-corrected chi connectivity index (χ4v) is 5.13. The number of fused-ring (bicyclic) bond motifs is 10. The summed E-state index contributed by atoms with van der Waals surface area (Å²) in [6.45, 7) is 0. The predicted molar refractivity (Wildman–Crippen MR) is 119 cm³/mol. The molecule has 1 aromatic heterocycles. The van der Waals surface area contributed by atoms with Crippen LogP contribution in [0.3, 0.4) is 0 Å². The Labute approximate surface area is 161 Å². The molecule has 0 unspecified atom stereocenters. The van der Waals surface area contributed by atoms with E-state index in [1.54, 1.807) is 0 Å². The molecule has 5 aromatic carbocycles. The fraction of sp³-hybridized carbons (Fsp3) is 0. The molecule has 0 amide bonds. The van der Waals surface area contributed by atoms with Crippen molar-refractivity contribution in [3.8, 4) is 22.3 Å². The summed E-state index contributed by atoms with van der Waals surface area (Å²) in [5, 5.41) is 9.21. The second-order valence-corrected chi connectivity index (χ2v) is 7.56. The van der Waals surface area contributed by atoms with Crippen LogP contribution in [0.5, 0.6) is 0 Å². The van der Waals surface area contributed by atoms with Gasteiger partial charge < -0.3 is 0 Å². The van der Waals surface area contributed by atoms with Crippen molar-refractivity contribution >= 4 is 43.2 Å². The quantitative estimate of drug-likeness (QED) is 0.260. The Bertz CT molecular complexity index is 1600. The molecular weight excluding hydrogens is 338 g/mol. The smallest absolute Gasteiger partial charge is 0.0714 e. The van der Waals surface area contributed by atoms with Gasteiger partial charge in [-0.15, -0.1) is 0 Å². The highest BCUT2D eigenvalue weighted by Gasteiger charge is 2.27. The van der Waals surface area contributed by atoms with Gasteiger partial charge in [-0.3, -0.25) is 4.98 Å². The highest BCUT2D eigenvalue weighted by molar-refractivity contribution is 6.33. The van der Waals surface area contributed by atoms with Crippen molar-refractivity contribution in [2.24, 2.45) is 0 Å². The molecule has 0 fully saturated rings. The van der Waals surface area contributed by atoms with E-state index in [9.17, 15) is 0 Å². The maximum atomic E-state index is 4.65. The first kappa shape index (κ1) is 14.4. The third kappa shape index (κ3) is 1.61. The van der Waals surface area contributed by atoms with Gasteiger partial charge in [-0.2, -0.15) is 0 Å². The SMILES string of the molecule is c1ccc2c(c1)ccc1c3ccccc3c3c(c21)-c1ccnc2cccc-3c12. The van der Waals surface area contributed by atoms with Crippen LogP contribution in [-0.2, 0) is 0 Å². The van der Waals surface area contributed by atoms with Crippen molar-refractivity contribution in [3.05, 3.63) is 91.1 Å². The Kier molecular flexibility index (Phi) is 2.54. The molecule has 1 heteroatoms. The molecule has 0 saturated carbocycles. The number of hydrogen-bond donors (Lipinski definition) is 0. The molecule has 0 aliphatic heterocycles. The van der Waals surface area contributed by atoms with Gasteiger partial charge in [0.05, 0.1) is 5.52 Å². The van der Waals surface area contributed by atoms with Gasteiger partial charge in [-0.05, 0) is 66.7 Å². The van der Waals surface area contributed by atoms with Crippen LogP contribution in [0.1, 0.15) is 0 Å². The molecule has 0 N–H and O–H groups in total. The molecule has 0 atom stereocenters. The normalized spacial score (nSPS) is 12.3. The molecule has 1 heterocycles. The first-order chi connectivity index (χ1) is 13.9. The number of rotatable bonds is 0. The second kappa shape index (κ2) is 4.96. The average molecular weight is 353 g/mol. The molecule has 0 saturated heterocycles. The number of nitrogens with zero attached hydrogens (tertiary/aromatic N) is 1. The highest BCUT2D eigenvalue weighted by Crippen LogP contribution is 2.54. The van der Waals surface area contributed by atoms with Crippen LogP contribution in [0.4, 0.5) is 0 Å². The van der Waals surface area contributed by atoms with Gasteiger partial charge in [0.2, 0.25) is 0 Å². The van der Waals surface area contributed by atoms with Crippen LogP contribution in [0, 0.1) is 0 Å². The molecule has 7 rings (SSSR count). The first-order valence-electron chi connectivity index (χ1n) is 9.66. The molecule has 1 aliphatic rings. The third-order valence-electron chi connectivity index (χ3n) is 6.22. The Balaban J connectivity index is 1.88. The van der Waals surface area contributed by atoms with Crippen LogP contribution >= 0.6 is 0 Å². The van der Waals surface area contributed by atoms with Crippen molar-refractivity contribution in [2.45, 2.75) is 0 Å². The number of pyridine rings is 1. The lowest BCUT2D eigenvalue weighted by Gasteiger charge is -2.15. The Hall–Kier alpha value is -3.71. The molecular formula is C27H15N. The van der Waals surface area contributed by atoms with E-state index in [1.807, 2.05) is 6.20 Å². The maximum Gasteiger partial charge on any atom is 0.0714 e. The molecule has 28 heavy (non-hydrogen) atoms. The van der Waals surface area contributed by atoms with E-state index in [0.29, 0.717) is 0 Å². The van der Waals surface area contributed by atoms with E-state index in [0.717, 1.165) is 5.52 Å². The van der Waals surface area contributed by atoms with Crippen LogP contribution < -0.4 is 0 Å². The predicted octanol–water partition coefficient (Wildman–Crippen LogP) is 7.34. The summed E-state index contributed by atoms with van der Waals surface area (Å²) in [4.78, 5) is 4.65. The van der Waals surface area contributed by atoms with Crippen molar-refractivity contribution in [1.82, 2.24) is 4.98 Å². The van der Waals surface area contributed by atoms with Crippen LogP contribution in [0.25, 0.3) is 65.5 Å². The maximum absolute atomic E-state index is 4.65. The summed E-state index contributed by atoms with van der Waals surface area (Å²) in [5.74, 6) is 0. The lowest BCUT2D eigenvalue weighted by molar-refractivity contribution is 1.42. The van der Waals surface area contributed by atoms with Crippen molar-refractivity contribution in [2.75, 3.05) is 0 Å². The van der Waals surface area contributed by atoms with E-state index in [1.165, 1.54) is 60.0 Å². The minimum Gasteiger partial charge on any atom is -0.256 e. The molecule has 0 spiro atoms. The minimum absolute atomic E-state index is 1.07. The van der Waals surface area contributed by atoms with Gasteiger partial charge in [0, 0.05) is 11.6 Å². The van der Waals surface area contributed by atoms with E-state index >= 15 is 0 Å². The van der Waals surface area contributed by atoms with Crippen molar-refractivity contribution < 1.29 is 0 Å². The summed E-state index contributed by atoms with van der Waals surface area (Å²) in [5.41, 5.74) is 6.40. The summed E-state index contributed by atoms with van der Waals surface area (Å²) < 4.78 is 0. The van der Waals surface area contributed by atoms with Gasteiger partial charge in [0.25, 0.3) is 0 Å². The zero-order valence-electron chi connectivity index (χ0n) is 15.1. The van der Waals surface area contributed by atoms with E-state index in [4.69, 9.17) is 0 Å². The summed E-state index contributed by atoms with van der Waals surface area (Å²) >= 11 is 0. The van der Waals surface area contributed by atoms with Crippen LogP contribution in [0.2, 0.25) is 0 Å². The van der Waals surface area contributed by atoms with Gasteiger partial charge in [-0.1, -0.05) is 72.8 Å². The van der Waals surface area contributed by atoms with E-state index in [-0.39, 0.29) is 0 Å². The molecule has 0 radical (unpaired) electrons. The largest absolute Gasteiger partial charge is 0.256 e. The Morgan fingerprint density at radius 1 is 0.464 bits per heavy atom. The molecule has 1 nitrogen and oxygen atoms in total. The molecule has 6 aromatic rings. The topological polar surface area (TPSA) is 12.9 Å². The Morgan fingerprint density at radius 2 is 1.25 bits per heavy atom. The fourth-order valence-electron chi connectivity index (χ4n) is 5.13. The lowest BCUT2D eigenvalue weighted by atomic mass is 9.88. The number of benzene rings is 5. The summed E-state index contributed by atoms with van der Waals surface area (Å²) in [6.07, 6.45) is 1.95. The van der Waals surface area contributed by atoms with Gasteiger partial charge in [0.1, 0.15) is 0 Å². The number of hydrogen-bond acceptors (Lipinski definition) is 1. The highest BCUT2D eigenvalue weighted by atomic mass is 14.6. The van der Waals surface area contributed by atoms with Gasteiger partial charge in [-0.25, -0.2) is 0 Å². The average Bonchev–Trinajstić information content (AvgIpc) is 3.10. The zero-order valence-corrected chi connectivity index (χ0v) is 15.1. The Morgan fingerprint density at radius 3 is 2.18 bits per heavy atom. The zero-order chi connectivity index (χ0) is 18.2. The van der Waals surface area contributed by atoms with Crippen LogP contribution in [-0.4, -0.2) is 4.98 Å². The standard InChI is InChI=1S/C27H15N/c1-2-7-17-16(6-1)12-13-20-18-8-3-4-9-19(18)26-21-10-5-11-23-24(21)22(14-15-28-23)27(26)25(17)20/h1-15H. The second-order valence-electron chi connectivity index (χ2n) is 7.56. The van der Waals surface area contributed by atoms with Crippen LogP contribution in [0.15, 0.2) is 91.1 Å². The first-order valence-corrected chi connectivity index (χ1v) is 9.66. The summed E-state index contributed by atoms with van der Waals surface area (Å²) in [7, 11) is 0. The number of aromatic nitrogens is 1. The molecule has 1 aliphatic carbocycles. The van der Waals surface area contributed by atoms with Gasteiger partial charge in [0.15, 0.2) is 0 Å². The van der Waals surface area contributed by atoms with Crippen molar-refractivity contribution in [3.63, 3.8) is 0 Å². The molecule has 0 bridgehead atoms. The monoisotopic (exact) mass is 353 g/mol. The minimum atomic E-state index is 1.07. The van der Waals surface area contributed by atoms with E-state index < -0.39 is 0 Å². The molecule has 128 valence electrons.